The quantitative estimate of drug-likeness (QED) is 0.480. The number of carboxylic acids is 1. The molecule has 0 saturated carbocycles. The molecule has 4 heteroatoms. The second-order valence-electron chi connectivity index (χ2n) is 3.06. The maximum atomic E-state index is 11.1. The number of aliphatic carboxylic acids is 1. The summed E-state index contributed by atoms with van der Waals surface area (Å²) < 4.78 is 0. The zero-order chi connectivity index (χ0) is 11.0. The molecule has 80 valence electrons. The summed E-state index contributed by atoms with van der Waals surface area (Å²) in [6, 6.07) is 0. The molecule has 0 spiro atoms. The Kier molecular flexibility index (Phi) is 6.45. The molecule has 0 unspecified atom stereocenters. The Balaban J connectivity index is 3.41. The van der Waals surface area contributed by atoms with Gasteiger partial charge in [0.15, 0.2) is 0 Å². The maximum Gasteiger partial charge on any atom is 0.303 e. The van der Waals surface area contributed by atoms with Gasteiger partial charge in [-0.1, -0.05) is 13.5 Å². The van der Waals surface area contributed by atoms with Gasteiger partial charge in [-0.05, 0) is 19.3 Å². The fourth-order valence-electron chi connectivity index (χ4n) is 0.889. The van der Waals surface area contributed by atoms with E-state index in [0.29, 0.717) is 31.4 Å². The van der Waals surface area contributed by atoms with Crippen molar-refractivity contribution in [3.05, 3.63) is 12.2 Å². The Morgan fingerprint density at radius 1 is 1.36 bits per heavy atom. The minimum atomic E-state index is -0.797. The molecule has 1 amide bonds. The fraction of sp³-hybridized carbons (Fsp3) is 0.600. The molecule has 0 heterocycles. The Hall–Kier alpha value is -1.32. The minimum Gasteiger partial charge on any atom is -0.481 e. The van der Waals surface area contributed by atoms with Crippen molar-refractivity contribution >= 4 is 11.9 Å². The zero-order valence-corrected chi connectivity index (χ0v) is 8.51. The first-order valence-electron chi connectivity index (χ1n) is 4.75. The van der Waals surface area contributed by atoms with Crippen molar-refractivity contribution in [1.82, 2.24) is 5.32 Å². The van der Waals surface area contributed by atoms with Crippen LogP contribution in [0.2, 0.25) is 0 Å². The molecule has 0 bridgehead atoms. The van der Waals surface area contributed by atoms with Crippen molar-refractivity contribution < 1.29 is 14.7 Å². The summed E-state index contributed by atoms with van der Waals surface area (Å²) in [5.41, 5.74) is 0.559. The number of unbranched alkanes of at least 4 members (excludes halogenated alkanes) is 1. The lowest BCUT2D eigenvalue weighted by atomic mass is 10.2. The monoisotopic (exact) mass is 199 g/mol. The van der Waals surface area contributed by atoms with Gasteiger partial charge in [-0.15, -0.1) is 0 Å². The molecule has 0 fully saturated rings. The fourth-order valence-corrected chi connectivity index (χ4v) is 0.889. The highest BCUT2D eigenvalue weighted by Crippen LogP contribution is 1.97. The second-order valence-corrected chi connectivity index (χ2v) is 3.06. The highest BCUT2D eigenvalue weighted by molar-refractivity contribution is 5.92. The SMILES string of the molecule is C=C(CC)C(=O)NCCCCC(=O)O. The third-order valence-corrected chi connectivity index (χ3v) is 1.85. The van der Waals surface area contributed by atoms with Gasteiger partial charge < -0.3 is 10.4 Å². The summed E-state index contributed by atoms with van der Waals surface area (Å²) in [5, 5.41) is 11.0. The smallest absolute Gasteiger partial charge is 0.303 e. The number of amides is 1. The molecule has 0 aliphatic carbocycles. The first-order valence-corrected chi connectivity index (χ1v) is 4.75. The standard InChI is InChI=1S/C10H17NO3/c1-3-8(2)10(14)11-7-5-4-6-9(12)13/h2-7H2,1H3,(H,11,14)(H,12,13). The van der Waals surface area contributed by atoms with Gasteiger partial charge in [0.2, 0.25) is 5.91 Å². The zero-order valence-electron chi connectivity index (χ0n) is 8.51. The van der Waals surface area contributed by atoms with Crippen LogP contribution in [0.1, 0.15) is 32.6 Å². The number of carbonyl (C=O) groups is 2. The first kappa shape index (κ1) is 12.7. The van der Waals surface area contributed by atoms with E-state index in [1.165, 1.54) is 0 Å². The molecule has 0 aromatic heterocycles. The number of hydrogen-bond donors (Lipinski definition) is 2. The normalized spacial score (nSPS) is 9.50. The molecule has 2 N–H and O–H groups in total. The van der Waals surface area contributed by atoms with E-state index in [0.717, 1.165) is 0 Å². The van der Waals surface area contributed by atoms with Crippen molar-refractivity contribution in [3.8, 4) is 0 Å². The van der Waals surface area contributed by atoms with Crippen LogP contribution < -0.4 is 5.32 Å². The summed E-state index contributed by atoms with van der Waals surface area (Å²) in [4.78, 5) is 21.3. The summed E-state index contributed by atoms with van der Waals surface area (Å²) in [6.45, 7) is 5.98. The first-order chi connectivity index (χ1) is 6.57. The van der Waals surface area contributed by atoms with Crippen LogP contribution in [0, 0.1) is 0 Å². The predicted octanol–water partition coefficient (Wildman–Crippen LogP) is 1.32. The van der Waals surface area contributed by atoms with Crippen LogP contribution in [-0.2, 0) is 9.59 Å². The van der Waals surface area contributed by atoms with Crippen LogP contribution in [0.15, 0.2) is 12.2 Å². The van der Waals surface area contributed by atoms with Crippen molar-refractivity contribution in [2.24, 2.45) is 0 Å². The highest BCUT2D eigenvalue weighted by atomic mass is 16.4. The molecule has 0 saturated heterocycles. The van der Waals surface area contributed by atoms with Gasteiger partial charge in [0.1, 0.15) is 0 Å². The van der Waals surface area contributed by atoms with Gasteiger partial charge in [-0.2, -0.15) is 0 Å². The minimum absolute atomic E-state index is 0.136. The van der Waals surface area contributed by atoms with E-state index in [1.807, 2.05) is 6.92 Å². The van der Waals surface area contributed by atoms with Crippen molar-refractivity contribution in [2.75, 3.05) is 6.54 Å². The predicted molar refractivity (Wildman–Crippen MR) is 53.9 cm³/mol. The third kappa shape index (κ3) is 6.22. The van der Waals surface area contributed by atoms with E-state index < -0.39 is 5.97 Å². The largest absolute Gasteiger partial charge is 0.481 e. The summed E-state index contributed by atoms with van der Waals surface area (Å²) >= 11 is 0. The summed E-state index contributed by atoms with van der Waals surface area (Å²) in [6.07, 6.45) is 2.08. The Bertz CT molecular complexity index is 223. The molecule has 0 aliphatic rings. The molecule has 0 radical (unpaired) electrons. The van der Waals surface area contributed by atoms with Crippen molar-refractivity contribution in [3.63, 3.8) is 0 Å². The molecule has 0 aliphatic heterocycles. The lowest BCUT2D eigenvalue weighted by molar-refractivity contribution is -0.137. The molecule has 0 aromatic rings. The molecule has 0 aromatic carbocycles. The molecule has 0 atom stereocenters. The lowest BCUT2D eigenvalue weighted by Crippen LogP contribution is -2.25. The highest BCUT2D eigenvalue weighted by Gasteiger charge is 2.03. The Morgan fingerprint density at radius 2 is 2.00 bits per heavy atom. The van der Waals surface area contributed by atoms with Gasteiger partial charge in [0.05, 0.1) is 0 Å². The summed E-state index contributed by atoms with van der Waals surface area (Å²) in [7, 11) is 0. The van der Waals surface area contributed by atoms with Gasteiger partial charge >= 0.3 is 5.97 Å². The van der Waals surface area contributed by atoms with E-state index in [2.05, 4.69) is 11.9 Å². The topological polar surface area (TPSA) is 66.4 Å². The van der Waals surface area contributed by atoms with E-state index in [1.54, 1.807) is 0 Å². The van der Waals surface area contributed by atoms with Gasteiger partial charge in [0.25, 0.3) is 0 Å². The molecule has 14 heavy (non-hydrogen) atoms. The summed E-state index contributed by atoms with van der Waals surface area (Å²) in [5.74, 6) is -0.933. The maximum absolute atomic E-state index is 11.1. The van der Waals surface area contributed by atoms with Gasteiger partial charge in [-0.25, -0.2) is 0 Å². The molecule has 4 nitrogen and oxygen atoms in total. The second kappa shape index (κ2) is 7.12. The average Bonchev–Trinajstić information content (AvgIpc) is 2.15. The van der Waals surface area contributed by atoms with Crippen LogP contribution >= 0.6 is 0 Å². The molecule has 0 rings (SSSR count). The van der Waals surface area contributed by atoms with Gasteiger partial charge in [-0.3, -0.25) is 9.59 Å². The molecular formula is C10H17NO3. The van der Waals surface area contributed by atoms with Crippen LogP contribution in [0.25, 0.3) is 0 Å². The van der Waals surface area contributed by atoms with E-state index in [9.17, 15) is 9.59 Å². The van der Waals surface area contributed by atoms with Crippen LogP contribution in [0.4, 0.5) is 0 Å². The Morgan fingerprint density at radius 3 is 2.50 bits per heavy atom. The van der Waals surface area contributed by atoms with E-state index >= 15 is 0 Å². The van der Waals surface area contributed by atoms with E-state index in [-0.39, 0.29) is 12.3 Å². The number of nitrogens with one attached hydrogen (secondary N) is 1. The number of rotatable bonds is 7. The Labute approximate surface area is 84.0 Å². The van der Waals surface area contributed by atoms with Crippen LogP contribution in [0.3, 0.4) is 0 Å². The number of carboxylic acid groups (broad SMARTS) is 1. The van der Waals surface area contributed by atoms with Crippen molar-refractivity contribution in [2.45, 2.75) is 32.6 Å². The molecular weight excluding hydrogens is 182 g/mol. The van der Waals surface area contributed by atoms with Crippen molar-refractivity contribution in [1.29, 1.82) is 0 Å². The van der Waals surface area contributed by atoms with E-state index in [4.69, 9.17) is 5.11 Å². The lowest BCUT2D eigenvalue weighted by Gasteiger charge is -2.04. The van der Waals surface area contributed by atoms with Crippen LogP contribution in [-0.4, -0.2) is 23.5 Å². The van der Waals surface area contributed by atoms with Crippen LogP contribution in [0.5, 0.6) is 0 Å². The number of carbonyl (C=O) groups excluding carboxylic acids is 1. The van der Waals surface area contributed by atoms with Gasteiger partial charge in [0, 0.05) is 18.5 Å². The third-order valence-electron chi connectivity index (χ3n) is 1.85. The average molecular weight is 199 g/mol. The number of hydrogen-bond acceptors (Lipinski definition) is 2.